The van der Waals surface area contributed by atoms with Crippen molar-refractivity contribution in [1.29, 1.82) is 0 Å². The molecule has 20 heavy (non-hydrogen) atoms. The molecule has 1 N–H and O–H groups in total. The van der Waals surface area contributed by atoms with E-state index in [1.54, 1.807) is 0 Å². The molecule has 2 unspecified atom stereocenters. The van der Waals surface area contributed by atoms with Crippen molar-refractivity contribution in [2.75, 3.05) is 39.3 Å². The minimum Gasteiger partial charge on any atom is -0.494 e. The summed E-state index contributed by atoms with van der Waals surface area (Å²) in [7, 11) is 0. The van der Waals surface area contributed by atoms with Crippen molar-refractivity contribution in [3.63, 3.8) is 0 Å². The van der Waals surface area contributed by atoms with Crippen LogP contribution in [-0.2, 0) is 0 Å². The quantitative estimate of drug-likeness (QED) is 0.833. The first-order chi connectivity index (χ1) is 9.72. The maximum atomic E-state index is 5.86. The maximum Gasteiger partial charge on any atom is 0.119 e. The normalized spacial score (nSPS) is 25.9. The van der Waals surface area contributed by atoms with Gasteiger partial charge in [-0.15, -0.1) is 0 Å². The summed E-state index contributed by atoms with van der Waals surface area (Å²) in [5.41, 5.74) is 2.64. The first-order valence-electron chi connectivity index (χ1n) is 7.85. The highest BCUT2D eigenvalue weighted by atomic mass is 16.5. The van der Waals surface area contributed by atoms with Crippen molar-refractivity contribution < 1.29 is 4.74 Å². The van der Waals surface area contributed by atoms with Crippen LogP contribution in [0, 0.1) is 25.7 Å². The monoisotopic (exact) mass is 274 g/mol. The van der Waals surface area contributed by atoms with E-state index in [0.717, 1.165) is 30.6 Å². The summed E-state index contributed by atoms with van der Waals surface area (Å²) < 4.78 is 5.86. The fourth-order valence-corrected chi connectivity index (χ4v) is 3.42. The Balaban J connectivity index is 1.37. The van der Waals surface area contributed by atoms with E-state index >= 15 is 0 Å². The molecule has 2 aliphatic rings. The molecule has 0 radical (unpaired) electrons. The number of ether oxygens (including phenoxy) is 1. The first kappa shape index (κ1) is 13.9. The molecule has 0 aliphatic carbocycles. The molecule has 0 bridgehead atoms. The van der Waals surface area contributed by atoms with Gasteiger partial charge in [0, 0.05) is 19.6 Å². The Bertz CT molecular complexity index is 448. The van der Waals surface area contributed by atoms with E-state index in [2.05, 4.69) is 42.3 Å². The van der Waals surface area contributed by atoms with Gasteiger partial charge < -0.3 is 15.0 Å². The van der Waals surface area contributed by atoms with E-state index in [1.807, 2.05) is 0 Å². The molecule has 1 aromatic rings. The van der Waals surface area contributed by atoms with Gasteiger partial charge in [0.05, 0.1) is 6.61 Å². The van der Waals surface area contributed by atoms with Crippen LogP contribution in [0.5, 0.6) is 5.75 Å². The molecule has 2 heterocycles. The van der Waals surface area contributed by atoms with Gasteiger partial charge in [0.15, 0.2) is 0 Å². The predicted octanol–water partition coefficient (Wildman–Crippen LogP) is 2.22. The third-order valence-electron chi connectivity index (χ3n) is 4.83. The average Bonchev–Trinajstić information content (AvgIpc) is 2.99. The Kier molecular flexibility index (Phi) is 4.27. The van der Waals surface area contributed by atoms with Gasteiger partial charge in [-0.2, -0.15) is 0 Å². The van der Waals surface area contributed by atoms with Gasteiger partial charge in [0.25, 0.3) is 0 Å². The van der Waals surface area contributed by atoms with E-state index in [-0.39, 0.29) is 0 Å². The molecule has 2 aliphatic heterocycles. The van der Waals surface area contributed by atoms with Crippen molar-refractivity contribution >= 4 is 0 Å². The van der Waals surface area contributed by atoms with Crippen LogP contribution in [0.1, 0.15) is 17.5 Å². The summed E-state index contributed by atoms with van der Waals surface area (Å²) in [4.78, 5) is 2.61. The number of hydrogen-bond donors (Lipinski definition) is 1. The van der Waals surface area contributed by atoms with Gasteiger partial charge in [0.2, 0.25) is 0 Å². The van der Waals surface area contributed by atoms with Crippen LogP contribution in [0.15, 0.2) is 18.2 Å². The van der Waals surface area contributed by atoms with Gasteiger partial charge in [-0.3, -0.25) is 0 Å². The fourth-order valence-electron chi connectivity index (χ4n) is 3.42. The van der Waals surface area contributed by atoms with E-state index in [4.69, 9.17) is 4.74 Å². The minimum atomic E-state index is 0.826. The van der Waals surface area contributed by atoms with E-state index in [9.17, 15) is 0 Å². The summed E-state index contributed by atoms with van der Waals surface area (Å²) >= 11 is 0. The van der Waals surface area contributed by atoms with Crippen LogP contribution < -0.4 is 10.1 Å². The number of nitrogens with zero attached hydrogens (tertiary/aromatic N) is 1. The number of fused-ring (bicyclic) bond motifs is 1. The standard InChI is InChI=1S/C17H26N2O/c1-13-4-5-17(8-14(13)2)20-7-3-6-19-11-15-9-18-10-16(15)12-19/h4-5,8,15-16,18H,3,6-7,9-12H2,1-2H3. The molecule has 0 spiro atoms. The number of benzene rings is 1. The highest BCUT2D eigenvalue weighted by Crippen LogP contribution is 2.26. The van der Waals surface area contributed by atoms with E-state index in [0.29, 0.717) is 0 Å². The Morgan fingerprint density at radius 2 is 1.90 bits per heavy atom. The Hall–Kier alpha value is -1.06. The van der Waals surface area contributed by atoms with Gasteiger partial charge >= 0.3 is 0 Å². The minimum absolute atomic E-state index is 0.826. The van der Waals surface area contributed by atoms with Crippen molar-refractivity contribution in [2.24, 2.45) is 11.8 Å². The molecule has 2 fully saturated rings. The molecule has 0 aromatic heterocycles. The lowest BCUT2D eigenvalue weighted by Crippen LogP contribution is -2.27. The lowest BCUT2D eigenvalue weighted by Gasteiger charge is -2.17. The lowest BCUT2D eigenvalue weighted by atomic mass is 10.0. The number of aryl methyl sites for hydroxylation is 2. The van der Waals surface area contributed by atoms with Gasteiger partial charge in [-0.1, -0.05) is 6.07 Å². The van der Waals surface area contributed by atoms with Gasteiger partial charge in [0.1, 0.15) is 5.75 Å². The van der Waals surface area contributed by atoms with Crippen LogP contribution in [0.3, 0.4) is 0 Å². The van der Waals surface area contributed by atoms with E-state index in [1.165, 1.54) is 43.9 Å². The number of hydrogen-bond acceptors (Lipinski definition) is 3. The molecule has 2 atom stereocenters. The lowest BCUT2D eigenvalue weighted by molar-refractivity contribution is 0.254. The largest absolute Gasteiger partial charge is 0.494 e. The summed E-state index contributed by atoms with van der Waals surface area (Å²) in [5.74, 6) is 2.81. The van der Waals surface area contributed by atoms with E-state index < -0.39 is 0 Å². The first-order valence-corrected chi connectivity index (χ1v) is 7.85. The zero-order chi connectivity index (χ0) is 13.9. The average molecular weight is 274 g/mol. The van der Waals surface area contributed by atoms with Crippen LogP contribution in [0.2, 0.25) is 0 Å². The van der Waals surface area contributed by atoms with Crippen molar-refractivity contribution in [3.05, 3.63) is 29.3 Å². The Morgan fingerprint density at radius 3 is 2.60 bits per heavy atom. The van der Waals surface area contributed by atoms with Crippen molar-refractivity contribution in [2.45, 2.75) is 20.3 Å². The number of rotatable bonds is 5. The second-order valence-corrected chi connectivity index (χ2v) is 6.39. The van der Waals surface area contributed by atoms with Crippen LogP contribution in [0.4, 0.5) is 0 Å². The maximum absolute atomic E-state index is 5.86. The second-order valence-electron chi connectivity index (χ2n) is 6.39. The van der Waals surface area contributed by atoms with Gasteiger partial charge in [-0.05, 0) is 68.5 Å². The predicted molar refractivity (Wildman–Crippen MR) is 82.3 cm³/mol. The highest BCUT2D eigenvalue weighted by molar-refractivity contribution is 5.33. The summed E-state index contributed by atoms with van der Waals surface area (Å²) in [6.45, 7) is 11.3. The number of likely N-dealkylation sites (tertiary alicyclic amines) is 1. The fraction of sp³-hybridized carbons (Fsp3) is 0.647. The third kappa shape index (κ3) is 3.15. The Morgan fingerprint density at radius 1 is 1.15 bits per heavy atom. The Labute approximate surface area is 122 Å². The van der Waals surface area contributed by atoms with Crippen LogP contribution in [-0.4, -0.2) is 44.2 Å². The van der Waals surface area contributed by atoms with Gasteiger partial charge in [-0.25, -0.2) is 0 Å². The third-order valence-corrected chi connectivity index (χ3v) is 4.83. The topological polar surface area (TPSA) is 24.5 Å². The summed E-state index contributed by atoms with van der Waals surface area (Å²) in [6, 6.07) is 6.36. The van der Waals surface area contributed by atoms with Crippen LogP contribution >= 0.6 is 0 Å². The zero-order valence-electron chi connectivity index (χ0n) is 12.7. The SMILES string of the molecule is Cc1ccc(OCCCN2CC3CNCC3C2)cc1C. The van der Waals surface area contributed by atoms with Crippen molar-refractivity contribution in [1.82, 2.24) is 10.2 Å². The molecule has 3 nitrogen and oxygen atoms in total. The second kappa shape index (κ2) is 6.15. The number of nitrogens with one attached hydrogen (secondary N) is 1. The molecule has 110 valence electrons. The molecular weight excluding hydrogens is 248 g/mol. The molecule has 3 rings (SSSR count). The zero-order valence-corrected chi connectivity index (χ0v) is 12.7. The molecule has 0 saturated carbocycles. The van der Waals surface area contributed by atoms with Crippen molar-refractivity contribution in [3.8, 4) is 5.75 Å². The van der Waals surface area contributed by atoms with Crippen LogP contribution in [0.25, 0.3) is 0 Å². The smallest absolute Gasteiger partial charge is 0.119 e. The molecule has 0 amide bonds. The summed E-state index contributed by atoms with van der Waals surface area (Å²) in [6.07, 6.45) is 1.12. The molecule has 3 heteroatoms. The molecular formula is C17H26N2O. The molecule has 1 aromatic carbocycles. The summed E-state index contributed by atoms with van der Waals surface area (Å²) in [5, 5.41) is 3.49. The highest BCUT2D eigenvalue weighted by Gasteiger charge is 2.35. The molecule has 2 saturated heterocycles.